The highest BCUT2D eigenvalue weighted by Crippen LogP contribution is 2.25. The normalized spacial score (nSPS) is 10.7. The SMILES string of the molecule is COC(=O)c1ccc2nccc(OCC(F)F)c2c1. The summed E-state index contributed by atoms with van der Waals surface area (Å²) < 4.78 is 33.9. The highest BCUT2D eigenvalue weighted by molar-refractivity contribution is 5.96. The molecular formula is C13H11F2NO3. The van der Waals surface area contributed by atoms with E-state index in [4.69, 9.17) is 4.74 Å². The lowest BCUT2D eigenvalue weighted by Gasteiger charge is -2.09. The fourth-order valence-electron chi connectivity index (χ4n) is 1.64. The van der Waals surface area contributed by atoms with E-state index in [0.717, 1.165) is 0 Å². The molecule has 4 nitrogen and oxygen atoms in total. The summed E-state index contributed by atoms with van der Waals surface area (Å²) in [5.74, 6) is -0.249. The molecule has 100 valence electrons. The number of halogens is 2. The number of hydrogen-bond acceptors (Lipinski definition) is 4. The Kier molecular flexibility index (Phi) is 3.89. The Balaban J connectivity index is 2.43. The molecule has 0 aliphatic heterocycles. The largest absolute Gasteiger partial charge is 0.487 e. The summed E-state index contributed by atoms with van der Waals surface area (Å²) in [5.41, 5.74) is 0.865. The van der Waals surface area contributed by atoms with Crippen molar-refractivity contribution in [3.63, 3.8) is 0 Å². The van der Waals surface area contributed by atoms with Gasteiger partial charge in [-0.2, -0.15) is 0 Å². The third-order valence-corrected chi connectivity index (χ3v) is 2.49. The van der Waals surface area contributed by atoms with Gasteiger partial charge in [0.1, 0.15) is 12.4 Å². The van der Waals surface area contributed by atoms with Crippen LogP contribution >= 0.6 is 0 Å². The Morgan fingerprint density at radius 2 is 2.16 bits per heavy atom. The molecule has 0 saturated carbocycles. The summed E-state index contributed by atoms with van der Waals surface area (Å²) in [6.07, 6.45) is -1.10. The van der Waals surface area contributed by atoms with E-state index in [-0.39, 0.29) is 5.75 Å². The van der Waals surface area contributed by atoms with Crippen molar-refractivity contribution in [2.24, 2.45) is 0 Å². The lowest BCUT2D eigenvalue weighted by Crippen LogP contribution is -2.07. The van der Waals surface area contributed by atoms with Crippen LogP contribution < -0.4 is 4.74 Å². The molecule has 0 bridgehead atoms. The van der Waals surface area contributed by atoms with Crippen LogP contribution in [0.1, 0.15) is 10.4 Å². The van der Waals surface area contributed by atoms with E-state index in [1.807, 2.05) is 0 Å². The van der Waals surface area contributed by atoms with E-state index >= 15 is 0 Å². The van der Waals surface area contributed by atoms with Crippen LogP contribution in [-0.4, -0.2) is 31.1 Å². The second-order valence-electron chi connectivity index (χ2n) is 3.73. The average molecular weight is 267 g/mol. The maximum Gasteiger partial charge on any atom is 0.337 e. The predicted octanol–water partition coefficient (Wildman–Crippen LogP) is 2.67. The Bertz CT molecular complexity index is 601. The van der Waals surface area contributed by atoms with Crippen molar-refractivity contribution in [1.82, 2.24) is 4.98 Å². The summed E-state index contributed by atoms with van der Waals surface area (Å²) in [6.45, 7) is -0.707. The first-order valence-corrected chi connectivity index (χ1v) is 5.50. The van der Waals surface area contributed by atoms with Crippen molar-refractivity contribution in [3.8, 4) is 5.75 Å². The summed E-state index contributed by atoms with van der Waals surface area (Å²) in [7, 11) is 1.27. The number of ether oxygens (including phenoxy) is 2. The van der Waals surface area contributed by atoms with E-state index in [9.17, 15) is 13.6 Å². The summed E-state index contributed by atoms with van der Waals surface area (Å²) in [5, 5.41) is 0.492. The third kappa shape index (κ3) is 2.96. The fourth-order valence-corrected chi connectivity index (χ4v) is 1.64. The molecule has 2 aromatic rings. The van der Waals surface area contributed by atoms with E-state index in [0.29, 0.717) is 16.5 Å². The van der Waals surface area contributed by atoms with Crippen LogP contribution in [0.2, 0.25) is 0 Å². The van der Waals surface area contributed by atoms with Crippen LogP contribution in [0, 0.1) is 0 Å². The molecule has 1 aromatic heterocycles. The summed E-state index contributed by atoms with van der Waals surface area (Å²) >= 11 is 0. The maximum atomic E-state index is 12.2. The standard InChI is InChI=1S/C13H11F2NO3/c1-18-13(17)8-2-3-10-9(6-8)11(4-5-16-10)19-7-12(14)15/h2-6,12H,7H2,1H3. The molecule has 6 heteroatoms. The second kappa shape index (κ2) is 5.60. The molecule has 0 fully saturated rings. The highest BCUT2D eigenvalue weighted by atomic mass is 19.3. The Hall–Kier alpha value is -2.24. The molecule has 1 aromatic carbocycles. The quantitative estimate of drug-likeness (QED) is 0.799. The lowest BCUT2D eigenvalue weighted by atomic mass is 10.1. The van der Waals surface area contributed by atoms with Crippen LogP contribution in [0.3, 0.4) is 0 Å². The van der Waals surface area contributed by atoms with Crippen molar-refractivity contribution in [2.75, 3.05) is 13.7 Å². The third-order valence-electron chi connectivity index (χ3n) is 2.49. The number of nitrogens with zero attached hydrogens (tertiary/aromatic N) is 1. The maximum absolute atomic E-state index is 12.2. The molecule has 19 heavy (non-hydrogen) atoms. The molecule has 0 atom stereocenters. The van der Waals surface area contributed by atoms with Crippen molar-refractivity contribution in [3.05, 3.63) is 36.0 Å². The zero-order valence-corrected chi connectivity index (χ0v) is 10.1. The molecule has 0 aliphatic carbocycles. The molecule has 1 heterocycles. The van der Waals surface area contributed by atoms with Crippen molar-refractivity contribution in [1.29, 1.82) is 0 Å². The van der Waals surface area contributed by atoms with Gasteiger partial charge in [-0.3, -0.25) is 4.98 Å². The number of carbonyl (C=O) groups is 1. The van der Waals surface area contributed by atoms with E-state index in [2.05, 4.69) is 9.72 Å². The van der Waals surface area contributed by atoms with Gasteiger partial charge in [0, 0.05) is 11.6 Å². The number of rotatable bonds is 4. The number of benzene rings is 1. The van der Waals surface area contributed by atoms with Gasteiger partial charge in [0.05, 0.1) is 18.2 Å². The molecule has 0 radical (unpaired) electrons. The molecule has 0 spiro atoms. The number of pyridine rings is 1. The number of fused-ring (bicyclic) bond motifs is 1. The number of aromatic nitrogens is 1. The van der Waals surface area contributed by atoms with Crippen molar-refractivity contribution < 1.29 is 23.0 Å². The van der Waals surface area contributed by atoms with Gasteiger partial charge in [-0.15, -0.1) is 0 Å². The van der Waals surface area contributed by atoms with Crippen LogP contribution in [0.25, 0.3) is 10.9 Å². The van der Waals surface area contributed by atoms with Gasteiger partial charge in [0.25, 0.3) is 6.43 Å². The monoisotopic (exact) mass is 267 g/mol. The number of carbonyl (C=O) groups excluding carboxylic acids is 1. The minimum atomic E-state index is -2.56. The first-order valence-electron chi connectivity index (χ1n) is 5.50. The molecule has 0 saturated heterocycles. The van der Waals surface area contributed by atoms with Crippen LogP contribution in [0.5, 0.6) is 5.75 Å². The van der Waals surface area contributed by atoms with Crippen LogP contribution in [0.4, 0.5) is 8.78 Å². The summed E-state index contributed by atoms with van der Waals surface area (Å²) in [4.78, 5) is 15.5. The lowest BCUT2D eigenvalue weighted by molar-refractivity contribution is 0.0600. The Labute approximate surface area is 108 Å². The van der Waals surface area contributed by atoms with E-state index in [1.54, 1.807) is 12.1 Å². The Morgan fingerprint density at radius 3 is 2.84 bits per heavy atom. The van der Waals surface area contributed by atoms with Gasteiger partial charge < -0.3 is 9.47 Å². The van der Waals surface area contributed by atoms with Crippen molar-refractivity contribution in [2.45, 2.75) is 6.43 Å². The molecule has 0 aliphatic rings. The highest BCUT2D eigenvalue weighted by Gasteiger charge is 2.11. The van der Waals surface area contributed by atoms with Crippen molar-refractivity contribution >= 4 is 16.9 Å². The molecular weight excluding hydrogens is 256 g/mol. The Morgan fingerprint density at radius 1 is 1.37 bits per heavy atom. The minimum Gasteiger partial charge on any atom is -0.487 e. The van der Waals surface area contributed by atoms with Gasteiger partial charge in [-0.25, -0.2) is 13.6 Å². The smallest absolute Gasteiger partial charge is 0.337 e. The predicted molar refractivity (Wildman–Crippen MR) is 64.6 cm³/mol. The van der Waals surface area contributed by atoms with Crippen LogP contribution in [0.15, 0.2) is 30.5 Å². The number of alkyl halides is 2. The van der Waals surface area contributed by atoms with Gasteiger partial charge >= 0.3 is 5.97 Å². The number of esters is 1. The minimum absolute atomic E-state index is 0.260. The molecule has 2 rings (SSSR count). The van der Waals surface area contributed by atoms with Gasteiger partial charge in [0.2, 0.25) is 0 Å². The second-order valence-corrected chi connectivity index (χ2v) is 3.73. The zero-order valence-electron chi connectivity index (χ0n) is 10.1. The van der Waals surface area contributed by atoms with E-state index < -0.39 is 19.0 Å². The molecule has 0 unspecified atom stereocenters. The zero-order chi connectivity index (χ0) is 13.8. The number of methoxy groups -OCH3 is 1. The van der Waals surface area contributed by atoms with Gasteiger partial charge in [-0.05, 0) is 24.3 Å². The van der Waals surface area contributed by atoms with Gasteiger partial charge in [0.15, 0.2) is 0 Å². The fraction of sp³-hybridized carbons (Fsp3) is 0.231. The number of hydrogen-bond donors (Lipinski definition) is 0. The molecule has 0 N–H and O–H groups in total. The topological polar surface area (TPSA) is 48.4 Å². The van der Waals surface area contributed by atoms with Gasteiger partial charge in [-0.1, -0.05) is 0 Å². The first-order chi connectivity index (χ1) is 9.11. The van der Waals surface area contributed by atoms with E-state index in [1.165, 1.54) is 25.4 Å². The summed E-state index contributed by atoms with van der Waals surface area (Å²) in [6, 6.07) is 6.15. The first kappa shape index (κ1) is 13.2. The molecule has 0 amide bonds. The average Bonchev–Trinajstić information content (AvgIpc) is 2.43. The van der Waals surface area contributed by atoms with Crippen LogP contribution in [-0.2, 0) is 4.74 Å².